The van der Waals surface area contributed by atoms with Crippen molar-refractivity contribution in [3.05, 3.63) is 29.3 Å². The highest BCUT2D eigenvalue weighted by Gasteiger charge is 2.27. The summed E-state index contributed by atoms with van der Waals surface area (Å²) in [6.45, 7) is 4.51. The monoisotopic (exact) mass is 310 g/mol. The number of sulfonamides is 1. The molecule has 0 saturated carbocycles. The number of amides is 1. The van der Waals surface area contributed by atoms with Gasteiger partial charge in [-0.2, -0.15) is 0 Å². The molecule has 0 unspecified atom stereocenters. The van der Waals surface area contributed by atoms with Gasteiger partial charge in [0.2, 0.25) is 10.0 Å². The third kappa shape index (κ3) is 3.37. The number of carbonyl (C=O) groups excluding carboxylic acids is 1. The van der Waals surface area contributed by atoms with E-state index in [0.29, 0.717) is 24.2 Å². The van der Waals surface area contributed by atoms with Crippen LogP contribution in [0.25, 0.3) is 0 Å². The van der Waals surface area contributed by atoms with Gasteiger partial charge >= 0.3 is 0 Å². The van der Waals surface area contributed by atoms with E-state index in [4.69, 9.17) is 0 Å². The normalized spacial score (nSPS) is 14.4. The van der Waals surface area contributed by atoms with Gasteiger partial charge in [0.1, 0.15) is 0 Å². The van der Waals surface area contributed by atoms with Crippen molar-refractivity contribution in [3.63, 3.8) is 0 Å². The van der Waals surface area contributed by atoms with Gasteiger partial charge in [0.05, 0.1) is 11.9 Å². The van der Waals surface area contributed by atoms with Gasteiger partial charge < -0.3 is 5.32 Å². The lowest BCUT2D eigenvalue weighted by atomic mass is 10.1. The molecule has 1 N–H and O–H groups in total. The fraction of sp³-hybridized carbons (Fsp3) is 0.533. The minimum absolute atomic E-state index is 0.146. The van der Waals surface area contributed by atoms with Gasteiger partial charge in [0.15, 0.2) is 0 Å². The maximum absolute atomic E-state index is 12.3. The molecule has 1 aliphatic heterocycles. The summed E-state index contributed by atoms with van der Waals surface area (Å²) in [5.41, 5.74) is 2.12. The number of anilines is 1. The van der Waals surface area contributed by atoms with Crippen molar-refractivity contribution in [1.29, 1.82) is 0 Å². The second-order valence-corrected chi connectivity index (χ2v) is 7.32. The highest BCUT2D eigenvalue weighted by Crippen LogP contribution is 2.30. The van der Waals surface area contributed by atoms with Crippen LogP contribution in [0.4, 0.5) is 5.69 Å². The smallest absolute Gasteiger partial charge is 0.251 e. The first kappa shape index (κ1) is 15.8. The summed E-state index contributed by atoms with van der Waals surface area (Å²) in [5.74, 6) is -0.146. The zero-order chi connectivity index (χ0) is 15.6. The van der Waals surface area contributed by atoms with Crippen LogP contribution in [0.5, 0.6) is 0 Å². The predicted molar refractivity (Wildman–Crippen MR) is 84.2 cm³/mol. The van der Waals surface area contributed by atoms with Crippen molar-refractivity contribution in [2.75, 3.05) is 17.1 Å². The van der Waals surface area contributed by atoms with Crippen molar-refractivity contribution in [3.8, 4) is 0 Å². The van der Waals surface area contributed by atoms with Gasteiger partial charge in [-0.15, -0.1) is 0 Å². The van der Waals surface area contributed by atoms with Gasteiger partial charge in [0, 0.05) is 18.2 Å². The minimum Gasteiger partial charge on any atom is -0.349 e. The zero-order valence-corrected chi connectivity index (χ0v) is 13.5. The molecule has 1 aliphatic rings. The second-order valence-electron chi connectivity index (χ2n) is 5.42. The quantitative estimate of drug-likeness (QED) is 0.903. The summed E-state index contributed by atoms with van der Waals surface area (Å²) in [6.07, 6.45) is 3.64. The fourth-order valence-corrected chi connectivity index (χ4v) is 3.55. The average molecular weight is 310 g/mol. The molecular formula is C15H22N2O3S. The van der Waals surface area contributed by atoms with Crippen molar-refractivity contribution in [2.45, 2.75) is 39.2 Å². The topological polar surface area (TPSA) is 66.5 Å². The summed E-state index contributed by atoms with van der Waals surface area (Å²) >= 11 is 0. The van der Waals surface area contributed by atoms with Crippen molar-refractivity contribution >= 4 is 21.6 Å². The van der Waals surface area contributed by atoms with E-state index in [1.165, 1.54) is 10.6 Å². The van der Waals surface area contributed by atoms with Gasteiger partial charge in [0.25, 0.3) is 5.91 Å². The summed E-state index contributed by atoms with van der Waals surface area (Å²) in [5, 5.41) is 2.97. The molecule has 21 heavy (non-hydrogen) atoms. The van der Waals surface area contributed by atoms with Crippen LogP contribution in [0.1, 0.15) is 42.6 Å². The number of hydrogen-bond donors (Lipinski definition) is 1. The van der Waals surface area contributed by atoms with E-state index in [0.717, 1.165) is 18.4 Å². The molecule has 1 aromatic carbocycles. The van der Waals surface area contributed by atoms with E-state index in [9.17, 15) is 13.2 Å². The lowest BCUT2D eigenvalue weighted by molar-refractivity contribution is 0.0935. The number of rotatable bonds is 5. The molecule has 0 aromatic heterocycles. The number of carbonyl (C=O) groups is 1. The molecule has 1 aromatic rings. The summed E-state index contributed by atoms with van der Waals surface area (Å²) in [4.78, 5) is 12.3. The second kappa shape index (κ2) is 6.05. The van der Waals surface area contributed by atoms with Gasteiger partial charge in [-0.1, -0.05) is 19.9 Å². The van der Waals surface area contributed by atoms with E-state index in [1.54, 1.807) is 12.1 Å². The van der Waals surface area contributed by atoms with E-state index >= 15 is 0 Å². The molecule has 0 spiro atoms. The molecule has 0 saturated heterocycles. The Bertz CT molecular complexity index is 636. The Morgan fingerprint density at radius 3 is 2.57 bits per heavy atom. The average Bonchev–Trinajstić information content (AvgIpc) is 2.87. The Kier molecular flexibility index (Phi) is 4.56. The van der Waals surface area contributed by atoms with Crippen molar-refractivity contribution in [1.82, 2.24) is 5.32 Å². The summed E-state index contributed by atoms with van der Waals surface area (Å²) in [7, 11) is -3.29. The molecule has 0 atom stereocenters. The predicted octanol–water partition coefficient (Wildman–Crippen LogP) is 1.93. The standard InChI is InChI=1S/C15H22N2O3S/c1-4-13(5-2)16-15(18)12-7-6-11-8-9-17(14(11)10-12)21(3,19)20/h6-7,10,13H,4-5,8-9H2,1-3H3,(H,16,18). The lowest BCUT2D eigenvalue weighted by Crippen LogP contribution is -2.34. The zero-order valence-electron chi connectivity index (χ0n) is 12.7. The van der Waals surface area contributed by atoms with Gasteiger partial charge in [-0.3, -0.25) is 9.10 Å². The van der Waals surface area contributed by atoms with Crippen LogP contribution in [-0.2, 0) is 16.4 Å². The van der Waals surface area contributed by atoms with Crippen LogP contribution in [0.15, 0.2) is 18.2 Å². The largest absolute Gasteiger partial charge is 0.349 e. The molecule has 1 amide bonds. The molecule has 1 heterocycles. The van der Waals surface area contributed by atoms with E-state index in [-0.39, 0.29) is 11.9 Å². The van der Waals surface area contributed by atoms with Crippen LogP contribution in [0, 0.1) is 0 Å². The Balaban J connectivity index is 2.27. The fourth-order valence-electron chi connectivity index (χ4n) is 2.60. The first-order valence-electron chi connectivity index (χ1n) is 7.28. The first-order chi connectivity index (χ1) is 9.86. The van der Waals surface area contributed by atoms with Crippen LogP contribution in [0.2, 0.25) is 0 Å². The highest BCUT2D eigenvalue weighted by molar-refractivity contribution is 7.92. The number of fused-ring (bicyclic) bond motifs is 1. The maximum Gasteiger partial charge on any atom is 0.251 e. The highest BCUT2D eigenvalue weighted by atomic mass is 32.2. The molecule has 5 nitrogen and oxygen atoms in total. The Labute approximate surface area is 126 Å². The molecule has 0 bridgehead atoms. The van der Waals surface area contributed by atoms with Gasteiger partial charge in [-0.25, -0.2) is 8.42 Å². The molecular weight excluding hydrogens is 288 g/mol. The minimum atomic E-state index is -3.29. The van der Waals surface area contributed by atoms with Crippen LogP contribution in [-0.4, -0.2) is 33.2 Å². The van der Waals surface area contributed by atoms with Crippen molar-refractivity contribution < 1.29 is 13.2 Å². The molecule has 0 radical (unpaired) electrons. The first-order valence-corrected chi connectivity index (χ1v) is 9.13. The van der Waals surface area contributed by atoms with E-state index < -0.39 is 10.0 Å². The molecule has 6 heteroatoms. The van der Waals surface area contributed by atoms with Crippen LogP contribution in [0.3, 0.4) is 0 Å². The lowest BCUT2D eigenvalue weighted by Gasteiger charge is -2.18. The maximum atomic E-state index is 12.3. The number of benzene rings is 1. The Hall–Kier alpha value is -1.56. The number of hydrogen-bond acceptors (Lipinski definition) is 3. The third-order valence-corrected chi connectivity index (χ3v) is 5.10. The molecule has 116 valence electrons. The van der Waals surface area contributed by atoms with Crippen molar-refractivity contribution in [2.24, 2.45) is 0 Å². The SMILES string of the molecule is CCC(CC)NC(=O)c1ccc2c(c1)N(S(C)(=O)=O)CC2. The third-order valence-electron chi connectivity index (χ3n) is 3.92. The molecule has 0 aliphatic carbocycles. The summed E-state index contributed by atoms with van der Waals surface area (Å²) < 4.78 is 24.9. The summed E-state index contributed by atoms with van der Waals surface area (Å²) in [6, 6.07) is 5.45. The Morgan fingerprint density at radius 2 is 2.00 bits per heavy atom. The van der Waals surface area contributed by atoms with E-state index in [2.05, 4.69) is 5.32 Å². The molecule has 0 fully saturated rings. The number of nitrogens with zero attached hydrogens (tertiary/aromatic N) is 1. The Morgan fingerprint density at radius 1 is 1.33 bits per heavy atom. The molecule has 2 rings (SSSR count). The number of nitrogens with one attached hydrogen (secondary N) is 1. The van der Waals surface area contributed by atoms with Crippen LogP contribution < -0.4 is 9.62 Å². The van der Waals surface area contributed by atoms with E-state index in [1.807, 2.05) is 19.9 Å². The van der Waals surface area contributed by atoms with Gasteiger partial charge in [-0.05, 0) is 37.0 Å². The van der Waals surface area contributed by atoms with Crippen LogP contribution >= 0.6 is 0 Å².